The second kappa shape index (κ2) is 5.27. The van der Waals surface area contributed by atoms with Gasteiger partial charge in [0, 0.05) is 24.7 Å². The Morgan fingerprint density at radius 3 is 2.59 bits per heavy atom. The van der Waals surface area contributed by atoms with Crippen LogP contribution in [0.3, 0.4) is 0 Å². The van der Waals surface area contributed by atoms with E-state index in [0.717, 1.165) is 17.9 Å². The van der Waals surface area contributed by atoms with Crippen molar-refractivity contribution >= 4 is 0 Å². The molecular formula is C15H30N2. The summed E-state index contributed by atoms with van der Waals surface area (Å²) in [5.74, 6) is 1.83. The van der Waals surface area contributed by atoms with Crippen LogP contribution < -0.4 is 5.32 Å². The van der Waals surface area contributed by atoms with Gasteiger partial charge in [-0.2, -0.15) is 0 Å². The molecule has 2 aliphatic rings. The average molecular weight is 238 g/mol. The molecule has 0 radical (unpaired) electrons. The topological polar surface area (TPSA) is 15.3 Å². The van der Waals surface area contributed by atoms with Crippen molar-refractivity contribution in [3.8, 4) is 0 Å². The van der Waals surface area contributed by atoms with E-state index in [9.17, 15) is 0 Å². The van der Waals surface area contributed by atoms with E-state index in [2.05, 4.69) is 37.9 Å². The molecule has 2 unspecified atom stereocenters. The fourth-order valence-electron chi connectivity index (χ4n) is 2.95. The second-order valence-electron chi connectivity index (χ2n) is 6.85. The van der Waals surface area contributed by atoms with Crippen molar-refractivity contribution in [2.75, 3.05) is 19.6 Å². The van der Waals surface area contributed by atoms with Crippen LogP contribution in [0.4, 0.5) is 0 Å². The summed E-state index contributed by atoms with van der Waals surface area (Å²) < 4.78 is 0. The van der Waals surface area contributed by atoms with Crippen molar-refractivity contribution in [3.63, 3.8) is 0 Å². The molecule has 2 rings (SSSR count). The van der Waals surface area contributed by atoms with Crippen LogP contribution in [0.25, 0.3) is 0 Å². The molecule has 0 spiro atoms. The fraction of sp³-hybridized carbons (Fsp3) is 1.00. The number of rotatable bonds is 5. The Morgan fingerprint density at radius 2 is 2.06 bits per heavy atom. The maximum atomic E-state index is 3.79. The third-order valence-electron chi connectivity index (χ3n) is 4.70. The smallest absolute Gasteiger partial charge is 0.0278 e. The predicted molar refractivity (Wildman–Crippen MR) is 74.2 cm³/mol. The SMILES string of the molecule is CCC1(C)CN(CCC(C)C)C(C2CC2)CN1. The molecule has 2 atom stereocenters. The maximum absolute atomic E-state index is 3.79. The van der Waals surface area contributed by atoms with Gasteiger partial charge in [0.25, 0.3) is 0 Å². The average Bonchev–Trinajstić information content (AvgIpc) is 3.10. The van der Waals surface area contributed by atoms with Gasteiger partial charge in [0.15, 0.2) is 0 Å². The van der Waals surface area contributed by atoms with Gasteiger partial charge in [-0.05, 0) is 51.0 Å². The van der Waals surface area contributed by atoms with Gasteiger partial charge in [-0.15, -0.1) is 0 Å². The molecule has 1 saturated heterocycles. The molecule has 1 aliphatic heterocycles. The lowest BCUT2D eigenvalue weighted by Gasteiger charge is -2.46. The summed E-state index contributed by atoms with van der Waals surface area (Å²) in [6.07, 6.45) is 5.52. The first-order valence-corrected chi connectivity index (χ1v) is 7.53. The van der Waals surface area contributed by atoms with Crippen molar-refractivity contribution in [3.05, 3.63) is 0 Å². The van der Waals surface area contributed by atoms with Crippen molar-refractivity contribution in [2.24, 2.45) is 11.8 Å². The Bertz CT molecular complexity index is 247. The van der Waals surface area contributed by atoms with Gasteiger partial charge in [0.1, 0.15) is 0 Å². The number of piperazine rings is 1. The molecule has 0 bridgehead atoms. The molecule has 2 nitrogen and oxygen atoms in total. The second-order valence-corrected chi connectivity index (χ2v) is 6.85. The van der Waals surface area contributed by atoms with E-state index in [-0.39, 0.29) is 0 Å². The van der Waals surface area contributed by atoms with E-state index in [1.807, 2.05) is 0 Å². The van der Waals surface area contributed by atoms with Gasteiger partial charge < -0.3 is 5.32 Å². The minimum absolute atomic E-state index is 0.350. The molecule has 1 heterocycles. The number of nitrogens with one attached hydrogen (secondary N) is 1. The van der Waals surface area contributed by atoms with E-state index >= 15 is 0 Å². The summed E-state index contributed by atoms with van der Waals surface area (Å²) in [5.41, 5.74) is 0.350. The van der Waals surface area contributed by atoms with Crippen LogP contribution in [-0.4, -0.2) is 36.1 Å². The van der Waals surface area contributed by atoms with Gasteiger partial charge in [0.05, 0.1) is 0 Å². The van der Waals surface area contributed by atoms with Crippen LogP contribution in [0.1, 0.15) is 53.4 Å². The Labute approximate surface area is 107 Å². The van der Waals surface area contributed by atoms with Crippen molar-refractivity contribution < 1.29 is 0 Å². The number of nitrogens with zero attached hydrogens (tertiary/aromatic N) is 1. The standard InChI is InChI=1S/C15H30N2/c1-5-15(4)11-17(9-8-12(2)3)14(10-16-15)13-6-7-13/h12-14,16H,5-11H2,1-4H3. The highest BCUT2D eigenvalue weighted by Crippen LogP contribution is 2.37. The van der Waals surface area contributed by atoms with Crippen LogP contribution in [0.15, 0.2) is 0 Å². The molecule has 1 saturated carbocycles. The molecule has 1 N–H and O–H groups in total. The molecule has 17 heavy (non-hydrogen) atoms. The minimum atomic E-state index is 0.350. The lowest BCUT2D eigenvalue weighted by Crippen LogP contribution is -2.63. The first-order chi connectivity index (χ1) is 8.04. The Kier molecular flexibility index (Phi) is 4.14. The highest BCUT2D eigenvalue weighted by atomic mass is 15.3. The lowest BCUT2D eigenvalue weighted by molar-refractivity contribution is 0.0688. The normalized spacial score (nSPS) is 35.5. The molecule has 0 aromatic rings. The molecular weight excluding hydrogens is 208 g/mol. The van der Waals surface area contributed by atoms with Crippen molar-refractivity contribution in [2.45, 2.75) is 65.0 Å². The first kappa shape index (κ1) is 13.4. The van der Waals surface area contributed by atoms with Gasteiger partial charge in [-0.25, -0.2) is 0 Å². The summed E-state index contributed by atoms with van der Waals surface area (Å²) >= 11 is 0. The monoisotopic (exact) mass is 238 g/mol. The van der Waals surface area contributed by atoms with Crippen LogP contribution in [0.2, 0.25) is 0 Å². The van der Waals surface area contributed by atoms with Crippen LogP contribution in [0.5, 0.6) is 0 Å². The highest BCUT2D eigenvalue weighted by Gasteiger charge is 2.41. The van der Waals surface area contributed by atoms with E-state index in [1.165, 1.54) is 45.3 Å². The van der Waals surface area contributed by atoms with Gasteiger partial charge in [0.2, 0.25) is 0 Å². The fourth-order valence-corrected chi connectivity index (χ4v) is 2.95. The summed E-state index contributed by atoms with van der Waals surface area (Å²) in [6, 6.07) is 0.827. The minimum Gasteiger partial charge on any atom is -0.309 e. The summed E-state index contributed by atoms with van der Waals surface area (Å²) in [7, 11) is 0. The largest absolute Gasteiger partial charge is 0.309 e. The van der Waals surface area contributed by atoms with Crippen LogP contribution >= 0.6 is 0 Å². The zero-order valence-corrected chi connectivity index (χ0v) is 12.1. The van der Waals surface area contributed by atoms with E-state index in [1.54, 1.807) is 0 Å². The summed E-state index contributed by atoms with van der Waals surface area (Å²) in [4.78, 5) is 2.79. The third kappa shape index (κ3) is 3.45. The molecule has 0 aromatic carbocycles. The van der Waals surface area contributed by atoms with Crippen LogP contribution in [0, 0.1) is 11.8 Å². The van der Waals surface area contributed by atoms with Crippen molar-refractivity contribution in [1.82, 2.24) is 10.2 Å². The van der Waals surface area contributed by atoms with Crippen molar-refractivity contribution in [1.29, 1.82) is 0 Å². The van der Waals surface area contributed by atoms with E-state index < -0.39 is 0 Å². The third-order valence-corrected chi connectivity index (χ3v) is 4.70. The molecule has 100 valence electrons. The molecule has 1 aliphatic carbocycles. The van der Waals surface area contributed by atoms with Crippen LogP contribution in [-0.2, 0) is 0 Å². The number of hydrogen-bond acceptors (Lipinski definition) is 2. The summed E-state index contributed by atoms with van der Waals surface area (Å²) in [6.45, 7) is 13.1. The summed E-state index contributed by atoms with van der Waals surface area (Å²) in [5, 5.41) is 3.79. The molecule has 0 aromatic heterocycles. The predicted octanol–water partition coefficient (Wildman–Crippen LogP) is 2.89. The lowest BCUT2D eigenvalue weighted by atomic mass is 9.91. The molecule has 2 fully saturated rings. The van der Waals surface area contributed by atoms with E-state index in [0.29, 0.717) is 5.54 Å². The van der Waals surface area contributed by atoms with Gasteiger partial charge >= 0.3 is 0 Å². The quantitative estimate of drug-likeness (QED) is 0.792. The molecule has 2 heteroatoms. The first-order valence-electron chi connectivity index (χ1n) is 7.53. The Hall–Kier alpha value is -0.0800. The zero-order chi connectivity index (χ0) is 12.5. The molecule has 0 amide bonds. The Morgan fingerprint density at radius 1 is 1.35 bits per heavy atom. The van der Waals surface area contributed by atoms with E-state index in [4.69, 9.17) is 0 Å². The zero-order valence-electron chi connectivity index (χ0n) is 12.1. The Balaban J connectivity index is 1.94. The maximum Gasteiger partial charge on any atom is 0.0278 e. The highest BCUT2D eigenvalue weighted by molar-refractivity contribution is 4.99. The van der Waals surface area contributed by atoms with Gasteiger partial charge in [-0.3, -0.25) is 4.90 Å². The number of hydrogen-bond donors (Lipinski definition) is 1. The van der Waals surface area contributed by atoms with Gasteiger partial charge in [-0.1, -0.05) is 20.8 Å².